The molecule has 0 unspecified atom stereocenters. The first-order chi connectivity index (χ1) is 14.8. The molecule has 0 atom stereocenters. The van der Waals surface area contributed by atoms with E-state index in [2.05, 4.69) is 15.9 Å². The van der Waals surface area contributed by atoms with Crippen molar-refractivity contribution in [3.05, 3.63) is 99.3 Å². The van der Waals surface area contributed by atoms with Gasteiger partial charge in [-0.15, -0.1) is 0 Å². The van der Waals surface area contributed by atoms with Crippen LogP contribution in [0, 0.1) is 5.82 Å². The number of ketones is 1. The number of fused-ring (bicyclic) bond motifs is 1. The fourth-order valence-electron chi connectivity index (χ4n) is 3.13. The highest BCUT2D eigenvalue weighted by atomic mass is 79.9. The van der Waals surface area contributed by atoms with Gasteiger partial charge in [-0.05, 0) is 54.6 Å². The number of Topliss-reactive ketones (excluding diaryl/α,β-unsaturated/α-hetero) is 1. The molecule has 31 heavy (non-hydrogen) atoms. The van der Waals surface area contributed by atoms with Gasteiger partial charge < -0.3 is 4.74 Å². The Hall–Kier alpha value is -3.65. The molecule has 0 aromatic heterocycles. The summed E-state index contributed by atoms with van der Waals surface area (Å²) in [6, 6.07) is 15.5. The lowest BCUT2D eigenvalue weighted by Gasteiger charge is -2.13. The van der Waals surface area contributed by atoms with Crippen molar-refractivity contribution in [2.75, 3.05) is 11.5 Å². The number of benzene rings is 3. The van der Waals surface area contributed by atoms with E-state index in [9.17, 15) is 23.6 Å². The number of hydrogen-bond donors (Lipinski definition) is 0. The lowest BCUT2D eigenvalue weighted by atomic mass is 10.1. The molecule has 8 heteroatoms. The molecule has 1 aliphatic rings. The van der Waals surface area contributed by atoms with Crippen molar-refractivity contribution in [1.82, 2.24) is 0 Å². The van der Waals surface area contributed by atoms with Gasteiger partial charge in [-0.3, -0.25) is 14.4 Å². The SMILES string of the molecule is O=C(COC(=O)c1ccc2c(c1)C(=O)N(c1ccc(F)cc1)C2=O)c1ccc(Br)cc1. The van der Waals surface area contributed by atoms with E-state index in [-0.39, 0.29) is 28.2 Å². The van der Waals surface area contributed by atoms with Gasteiger partial charge in [0.15, 0.2) is 12.4 Å². The van der Waals surface area contributed by atoms with Gasteiger partial charge in [0.1, 0.15) is 5.82 Å². The zero-order valence-corrected chi connectivity index (χ0v) is 17.4. The smallest absolute Gasteiger partial charge is 0.338 e. The van der Waals surface area contributed by atoms with Crippen LogP contribution in [0.2, 0.25) is 0 Å². The molecule has 154 valence electrons. The topological polar surface area (TPSA) is 80.8 Å². The van der Waals surface area contributed by atoms with Gasteiger partial charge in [0.2, 0.25) is 0 Å². The summed E-state index contributed by atoms with van der Waals surface area (Å²) in [5, 5.41) is 0. The highest BCUT2D eigenvalue weighted by Crippen LogP contribution is 2.29. The molecule has 4 rings (SSSR count). The summed E-state index contributed by atoms with van der Waals surface area (Å²) in [6.07, 6.45) is 0. The van der Waals surface area contributed by atoms with E-state index in [0.717, 1.165) is 21.5 Å². The third-order valence-corrected chi connectivity index (χ3v) is 5.24. The Bertz CT molecular complexity index is 1220. The van der Waals surface area contributed by atoms with E-state index in [1.165, 1.54) is 30.3 Å². The van der Waals surface area contributed by atoms with Crippen LogP contribution >= 0.6 is 15.9 Å². The summed E-state index contributed by atoms with van der Waals surface area (Å²) < 4.78 is 19.0. The first-order valence-electron chi connectivity index (χ1n) is 9.09. The second-order valence-electron chi connectivity index (χ2n) is 6.69. The van der Waals surface area contributed by atoms with E-state index >= 15 is 0 Å². The minimum Gasteiger partial charge on any atom is -0.454 e. The number of nitrogens with zero attached hydrogens (tertiary/aromatic N) is 1. The number of carbonyl (C=O) groups is 4. The zero-order valence-electron chi connectivity index (χ0n) is 15.8. The maximum Gasteiger partial charge on any atom is 0.338 e. The fraction of sp³-hybridized carbons (Fsp3) is 0.0435. The standard InChI is InChI=1S/C23H13BrFNO5/c24-15-4-1-13(2-5-15)20(27)12-31-23(30)14-3-10-18-19(11-14)22(29)26(21(18)28)17-8-6-16(25)7-9-17/h1-11H,12H2. The van der Waals surface area contributed by atoms with E-state index in [4.69, 9.17) is 4.74 Å². The van der Waals surface area contributed by atoms with E-state index in [0.29, 0.717) is 5.56 Å². The molecule has 0 saturated carbocycles. The molecule has 3 aromatic rings. The second kappa shape index (κ2) is 8.23. The van der Waals surface area contributed by atoms with Crippen molar-refractivity contribution in [3.8, 4) is 0 Å². The number of ether oxygens (including phenoxy) is 1. The minimum atomic E-state index is -0.797. The molecule has 0 radical (unpaired) electrons. The monoisotopic (exact) mass is 481 g/mol. The summed E-state index contributed by atoms with van der Waals surface area (Å²) in [5.74, 6) is -2.88. The van der Waals surface area contributed by atoms with Gasteiger partial charge in [-0.2, -0.15) is 0 Å². The number of hydrogen-bond acceptors (Lipinski definition) is 5. The maximum atomic E-state index is 13.2. The molecule has 0 spiro atoms. The number of rotatable bonds is 5. The molecular formula is C23H13BrFNO5. The lowest BCUT2D eigenvalue weighted by Crippen LogP contribution is -2.29. The molecule has 1 aliphatic heterocycles. The Balaban J connectivity index is 1.50. The van der Waals surface area contributed by atoms with Gasteiger partial charge in [-0.1, -0.05) is 28.1 Å². The molecule has 0 aliphatic carbocycles. The first kappa shape index (κ1) is 20.6. The number of esters is 1. The van der Waals surface area contributed by atoms with Crippen LogP contribution in [0.1, 0.15) is 41.4 Å². The number of carbonyl (C=O) groups excluding carboxylic acids is 4. The molecule has 0 saturated heterocycles. The Morgan fingerprint density at radius 1 is 0.839 bits per heavy atom. The first-order valence-corrected chi connectivity index (χ1v) is 9.89. The molecule has 1 heterocycles. The van der Waals surface area contributed by atoms with Crippen LogP contribution in [-0.2, 0) is 4.74 Å². The van der Waals surface area contributed by atoms with Crippen molar-refractivity contribution >= 4 is 45.2 Å². The highest BCUT2D eigenvalue weighted by Gasteiger charge is 2.37. The third-order valence-electron chi connectivity index (χ3n) is 4.71. The van der Waals surface area contributed by atoms with Crippen molar-refractivity contribution in [2.45, 2.75) is 0 Å². The number of anilines is 1. The number of imide groups is 1. The van der Waals surface area contributed by atoms with Crippen molar-refractivity contribution in [3.63, 3.8) is 0 Å². The summed E-state index contributed by atoms with van der Waals surface area (Å²) in [7, 11) is 0. The van der Waals surface area contributed by atoms with E-state index in [1.54, 1.807) is 24.3 Å². The predicted octanol–water partition coefficient (Wildman–Crippen LogP) is 4.43. The van der Waals surface area contributed by atoms with Gasteiger partial charge in [-0.25, -0.2) is 14.1 Å². The largest absolute Gasteiger partial charge is 0.454 e. The van der Waals surface area contributed by atoms with Crippen LogP contribution in [0.25, 0.3) is 0 Å². The van der Waals surface area contributed by atoms with Gasteiger partial charge in [0.25, 0.3) is 11.8 Å². The van der Waals surface area contributed by atoms with E-state index < -0.39 is 30.2 Å². The van der Waals surface area contributed by atoms with Gasteiger partial charge >= 0.3 is 5.97 Å². The summed E-state index contributed by atoms with van der Waals surface area (Å²) in [4.78, 5) is 50.8. The van der Waals surface area contributed by atoms with Crippen molar-refractivity contribution in [1.29, 1.82) is 0 Å². The Morgan fingerprint density at radius 2 is 1.45 bits per heavy atom. The molecule has 6 nitrogen and oxygen atoms in total. The van der Waals surface area contributed by atoms with Crippen LogP contribution in [0.5, 0.6) is 0 Å². The van der Waals surface area contributed by atoms with Crippen LogP contribution in [-0.4, -0.2) is 30.2 Å². The molecule has 0 N–H and O–H groups in total. The van der Waals surface area contributed by atoms with Crippen LogP contribution in [0.3, 0.4) is 0 Å². The van der Waals surface area contributed by atoms with Gasteiger partial charge in [0.05, 0.1) is 22.4 Å². The Morgan fingerprint density at radius 3 is 2.13 bits per heavy atom. The molecule has 2 amide bonds. The zero-order chi connectivity index (χ0) is 22.1. The summed E-state index contributed by atoms with van der Waals surface area (Å²) in [5.41, 5.74) is 0.793. The Labute approximate surface area is 184 Å². The highest BCUT2D eigenvalue weighted by molar-refractivity contribution is 9.10. The van der Waals surface area contributed by atoms with E-state index in [1.807, 2.05) is 0 Å². The summed E-state index contributed by atoms with van der Waals surface area (Å²) in [6.45, 7) is -0.466. The lowest BCUT2D eigenvalue weighted by molar-refractivity contribution is 0.0474. The Kier molecular flexibility index (Phi) is 5.48. The average Bonchev–Trinajstić information content (AvgIpc) is 3.02. The number of amides is 2. The second-order valence-corrected chi connectivity index (χ2v) is 7.60. The maximum absolute atomic E-state index is 13.2. The normalized spacial score (nSPS) is 12.6. The van der Waals surface area contributed by atoms with Crippen molar-refractivity contribution < 1.29 is 28.3 Å². The average molecular weight is 482 g/mol. The minimum absolute atomic E-state index is 0.0306. The third kappa shape index (κ3) is 4.02. The van der Waals surface area contributed by atoms with Crippen LogP contribution in [0.4, 0.5) is 10.1 Å². The molecular weight excluding hydrogens is 469 g/mol. The molecule has 0 fully saturated rings. The quantitative estimate of drug-likeness (QED) is 0.306. The van der Waals surface area contributed by atoms with Crippen molar-refractivity contribution in [2.24, 2.45) is 0 Å². The fourth-order valence-corrected chi connectivity index (χ4v) is 3.39. The van der Waals surface area contributed by atoms with Gasteiger partial charge in [0, 0.05) is 10.0 Å². The summed E-state index contributed by atoms with van der Waals surface area (Å²) >= 11 is 3.27. The predicted molar refractivity (Wildman–Crippen MR) is 113 cm³/mol. The molecule has 0 bridgehead atoms. The number of halogens is 2. The molecule has 3 aromatic carbocycles. The van der Waals surface area contributed by atoms with Crippen LogP contribution in [0.15, 0.2) is 71.2 Å². The van der Waals surface area contributed by atoms with Crippen LogP contribution < -0.4 is 4.90 Å².